The lowest BCUT2D eigenvalue weighted by atomic mass is 10.2. The Morgan fingerprint density at radius 1 is 1.57 bits per heavy atom. The number of phenolic OH excluding ortho intramolecular Hbond substituents is 1. The van der Waals surface area contributed by atoms with E-state index < -0.39 is 16.6 Å². The lowest BCUT2D eigenvalue weighted by Crippen LogP contribution is -1.89. The Bertz CT molecular complexity index is 382. The van der Waals surface area contributed by atoms with E-state index in [4.69, 9.17) is 23.2 Å². The van der Waals surface area contributed by atoms with E-state index >= 15 is 0 Å². The summed E-state index contributed by atoms with van der Waals surface area (Å²) in [6.07, 6.45) is 1.17. The molecule has 76 valence electrons. The summed E-state index contributed by atoms with van der Waals surface area (Å²) in [6, 6.07) is 1.20. The van der Waals surface area contributed by atoms with Crippen molar-refractivity contribution in [3.05, 3.63) is 27.5 Å². The van der Waals surface area contributed by atoms with Crippen LogP contribution < -0.4 is 0 Å². The zero-order chi connectivity index (χ0) is 10.7. The maximum atomic E-state index is 13.0. The summed E-state index contributed by atoms with van der Waals surface area (Å²) < 4.78 is 13.0. The molecule has 1 N–H and O–H groups in total. The van der Waals surface area contributed by atoms with E-state index in [0.717, 1.165) is 0 Å². The number of rotatable bonds is 2. The minimum atomic E-state index is -0.861. The van der Waals surface area contributed by atoms with Crippen LogP contribution in [0.1, 0.15) is 5.56 Å². The number of halogens is 3. The highest BCUT2D eigenvalue weighted by atomic mass is 35.5. The summed E-state index contributed by atoms with van der Waals surface area (Å²) in [5.74, 6) is -1.28. The van der Waals surface area contributed by atoms with Gasteiger partial charge in [0, 0.05) is 5.56 Å². The normalized spacial score (nSPS) is 10.9. The molecule has 0 saturated heterocycles. The molecule has 0 saturated carbocycles. The third kappa shape index (κ3) is 2.08. The van der Waals surface area contributed by atoms with Crippen molar-refractivity contribution >= 4 is 29.4 Å². The molecule has 14 heavy (non-hydrogen) atoms. The van der Waals surface area contributed by atoms with E-state index in [1.165, 1.54) is 19.4 Å². The van der Waals surface area contributed by atoms with Crippen LogP contribution in [0, 0.1) is 5.82 Å². The minimum absolute atomic E-state index is 0.184. The number of nitrogens with zero attached hydrogens (tertiary/aromatic N) is 1. The molecule has 3 nitrogen and oxygen atoms in total. The fourth-order valence-electron chi connectivity index (χ4n) is 0.812. The van der Waals surface area contributed by atoms with E-state index in [0.29, 0.717) is 0 Å². The second-order valence-corrected chi connectivity index (χ2v) is 3.13. The predicted octanol–water partition coefficient (Wildman–Crippen LogP) is 2.82. The first-order valence-corrected chi connectivity index (χ1v) is 4.26. The van der Waals surface area contributed by atoms with Gasteiger partial charge in [-0.3, -0.25) is 0 Å². The molecule has 0 aliphatic heterocycles. The number of phenols is 1. The van der Waals surface area contributed by atoms with Crippen molar-refractivity contribution in [1.29, 1.82) is 0 Å². The summed E-state index contributed by atoms with van der Waals surface area (Å²) in [6.45, 7) is 0. The van der Waals surface area contributed by atoms with Gasteiger partial charge >= 0.3 is 0 Å². The summed E-state index contributed by atoms with van der Waals surface area (Å²) >= 11 is 11.0. The molecule has 0 radical (unpaired) electrons. The Kier molecular flexibility index (Phi) is 3.55. The number of aromatic hydroxyl groups is 1. The van der Waals surface area contributed by atoms with Crippen molar-refractivity contribution in [2.24, 2.45) is 5.16 Å². The molecule has 1 rings (SSSR count). The third-order valence-corrected chi connectivity index (χ3v) is 2.08. The molecule has 0 amide bonds. The summed E-state index contributed by atoms with van der Waals surface area (Å²) in [5.41, 5.74) is 0.184. The van der Waals surface area contributed by atoms with Crippen molar-refractivity contribution in [3.63, 3.8) is 0 Å². The predicted molar refractivity (Wildman–Crippen MR) is 52.7 cm³/mol. The van der Waals surface area contributed by atoms with E-state index in [1.54, 1.807) is 0 Å². The molecule has 0 aliphatic carbocycles. The largest absolute Gasteiger partial charge is 0.506 e. The molecule has 0 unspecified atom stereocenters. The van der Waals surface area contributed by atoms with E-state index in [-0.39, 0.29) is 10.6 Å². The van der Waals surface area contributed by atoms with Crippen LogP contribution in [-0.4, -0.2) is 18.4 Å². The molecule has 0 atom stereocenters. The topological polar surface area (TPSA) is 41.8 Å². The van der Waals surface area contributed by atoms with Gasteiger partial charge < -0.3 is 9.94 Å². The lowest BCUT2D eigenvalue weighted by Gasteiger charge is -2.03. The Hall–Kier alpha value is -1.00. The van der Waals surface area contributed by atoms with E-state index in [1.807, 2.05) is 0 Å². The van der Waals surface area contributed by atoms with Gasteiger partial charge in [-0.15, -0.1) is 0 Å². The molecule has 0 spiro atoms. The van der Waals surface area contributed by atoms with Crippen molar-refractivity contribution in [2.75, 3.05) is 7.11 Å². The molecule has 6 heteroatoms. The van der Waals surface area contributed by atoms with Gasteiger partial charge in [-0.25, -0.2) is 4.39 Å². The highest BCUT2D eigenvalue weighted by Crippen LogP contribution is 2.33. The molecular weight excluding hydrogens is 232 g/mol. The van der Waals surface area contributed by atoms with Gasteiger partial charge in [0.1, 0.15) is 17.9 Å². The van der Waals surface area contributed by atoms with Crippen LogP contribution in [0.2, 0.25) is 10.0 Å². The summed E-state index contributed by atoms with van der Waals surface area (Å²) in [7, 11) is 1.33. The monoisotopic (exact) mass is 237 g/mol. The first-order chi connectivity index (χ1) is 6.57. The molecule has 1 aromatic rings. The van der Waals surface area contributed by atoms with Crippen LogP contribution in [0.4, 0.5) is 4.39 Å². The molecule has 0 fully saturated rings. The van der Waals surface area contributed by atoms with Crippen molar-refractivity contribution < 1.29 is 14.3 Å². The molecule has 0 heterocycles. The molecule has 1 aromatic carbocycles. The first-order valence-electron chi connectivity index (χ1n) is 3.51. The summed E-state index contributed by atoms with van der Waals surface area (Å²) in [4.78, 5) is 4.39. The quantitative estimate of drug-likeness (QED) is 0.489. The Morgan fingerprint density at radius 2 is 2.21 bits per heavy atom. The van der Waals surface area contributed by atoms with Gasteiger partial charge in [0.25, 0.3) is 0 Å². The highest BCUT2D eigenvalue weighted by molar-refractivity contribution is 6.36. The maximum Gasteiger partial charge on any atom is 0.164 e. The molecular formula is C8H6Cl2FNO2. The smallest absolute Gasteiger partial charge is 0.164 e. The van der Waals surface area contributed by atoms with Gasteiger partial charge in [-0.1, -0.05) is 28.4 Å². The lowest BCUT2D eigenvalue weighted by molar-refractivity contribution is 0.215. The van der Waals surface area contributed by atoms with Gasteiger partial charge in [-0.2, -0.15) is 0 Å². The molecule has 0 aromatic heterocycles. The Labute approximate surface area is 89.7 Å². The number of benzene rings is 1. The van der Waals surface area contributed by atoms with Crippen molar-refractivity contribution in [3.8, 4) is 5.75 Å². The Balaban J connectivity index is 3.26. The van der Waals surface area contributed by atoms with Crippen molar-refractivity contribution in [2.45, 2.75) is 0 Å². The SMILES string of the molecule is CO/N=C/c1cc(Cl)c(F)c(Cl)c1O. The molecule has 0 aliphatic rings. The zero-order valence-electron chi connectivity index (χ0n) is 7.09. The maximum absolute atomic E-state index is 13.0. The highest BCUT2D eigenvalue weighted by Gasteiger charge is 2.13. The Morgan fingerprint density at radius 3 is 2.79 bits per heavy atom. The van der Waals surface area contributed by atoms with E-state index in [2.05, 4.69) is 9.99 Å². The van der Waals surface area contributed by atoms with Crippen LogP contribution >= 0.6 is 23.2 Å². The van der Waals surface area contributed by atoms with Crippen LogP contribution in [-0.2, 0) is 4.84 Å². The third-order valence-electron chi connectivity index (χ3n) is 1.46. The fraction of sp³-hybridized carbons (Fsp3) is 0.125. The number of hydrogen-bond acceptors (Lipinski definition) is 3. The average Bonchev–Trinajstić information content (AvgIpc) is 2.18. The number of hydrogen-bond donors (Lipinski definition) is 1. The van der Waals surface area contributed by atoms with Crippen LogP contribution in [0.15, 0.2) is 11.2 Å². The van der Waals surface area contributed by atoms with Gasteiger partial charge in [0.15, 0.2) is 5.82 Å². The van der Waals surface area contributed by atoms with E-state index in [9.17, 15) is 9.50 Å². The fourth-order valence-corrected chi connectivity index (χ4v) is 1.28. The van der Waals surface area contributed by atoms with Crippen LogP contribution in [0.25, 0.3) is 0 Å². The van der Waals surface area contributed by atoms with Gasteiger partial charge in [0.05, 0.1) is 11.2 Å². The van der Waals surface area contributed by atoms with Gasteiger partial charge in [-0.05, 0) is 6.07 Å². The van der Waals surface area contributed by atoms with Crippen molar-refractivity contribution in [1.82, 2.24) is 0 Å². The standard InChI is InChI=1S/C8H6Cl2FNO2/c1-14-12-3-4-2-5(9)7(11)6(10)8(4)13/h2-3,13H,1H3/b12-3+. The molecule has 0 bridgehead atoms. The van der Waals surface area contributed by atoms with Crippen LogP contribution in [0.3, 0.4) is 0 Å². The zero-order valence-corrected chi connectivity index (χ0v) is 8.60. The summed E-state index contributed by atoms with van der Waals surface area (Å²) in [5, 5.41) is 12.1. The minimum Gasteiger partial charge on any atom is -0.506 e. The average molecular weight is 238 g/mol. The second kappa shape index (κ2) is 4.48. The first kappa shape index (κ1) is 11.1. The van der Waals surface area contributed by atoms with Gasteiger partial charge in [0.2, 0.25) is 0 Å². The second-order valence-electron chi connectivity index (χ2n) is 2.34. The number of oxime groups is 1. The van der Waals surface area contributed by atoms with Crippen LogP contribution in [0.5, 0.6) is 5.75 Å².